The minimum atomic E-state index is -0.882. The van der Waals surface area contributed by atoms with Crippen LogP contribution in [0.2, 0.25) is 0 Å². The van der Waals surface area contributed by atoms with Crippen molar-refractivity contribution in [3.8, 4) is 32.7 Å². The van der Waals surface area contributed by atoms with Gasteiger partial charge in [0.1, 0.15) is 5.65 Å². The highest BCUT2D eigenvalue weighted by Gasteiger charge is 2.24. The van der Waals surface area contributed by atoms with Gasteiger partial charge in [-0.1, -0.05) is 24.3 Å². The van der Waals surface area contributed by atoms with Crippen molar-refractivity contribution < 1.29 is 5.11 Å². The fourth-order valence-electron chi connectivity index (χ4n) is 4.20. The maximum absolute atomic E-state index is 10.5. The Bertz CT molecular complexity index is 1400. The summed E-state index contributed by atoms with van der Waals surface area (Å²) in [4.78, 5) is 5.92. The van der Waals surface area contributed by atoms with Crippen molar-refractivity contribution in [2.75, 3.05) is 0 Å². The second kappa shape index (κ2) is 5.31. The van der Waals surface area contributed by atoms with Crippen molar-refractivity contribution in [1.29, 1.82) is 0 Å². The molecule has 3 bridgehead atoms. The number of aliphatic hydroxyl groups is 1. The summed E-state index contributed by atoms with van der Waals surface area (Å²) in [5.74, 6) is 0. The van der Waals surface area contributed by atoms with Crippen molar-refractivity contribution in [2.24, 2.45) is 0 Å². The van der Waals surface area contributed by atoms with Gasteiger partial charge in [0.2, 0.25) is 0 Å². The molecule has 0 unspecified atom stereocenters. The zero-order chi connectivity index (χ0) is 19.0. The second-order valence-electron chi connectivity index (χ2n) is 7.95. The smallest absolute Gasteiger partial charge is 0.146 e. The van der Waals surface area contributed by atoms with E-state index in [2.05, 4.69) is 52.0 Å². The maximum Gasteiger partial charge on any atom is 0.146 e. The number of hydrogen-bond acceptors (Lipinski definition) is 3. The number of hydrogen-bond donors (Lipinski definition) is 1. The Morgan fingerprint density at radius 3 is 2.75 bits per heavy atom. The van der Waals surface area contributed by atoms with Crippen LogP contribution in [0.3, 0.4) is 0 Å². The molecule has 136 valence electrons. The molecule has 6 rings (SSSR count). The monoisotopic (exact) mass is 382 g/mol. The summed E-state index contributed by atoms with van der Waals surface area (Å²) >= 11 is 1.82. The molecule has 0 aliphatic heterocycles. The van der Waals surface area contributed by atoms with Crippen LogP contribution in [-0.4, -0.2) is 14.5 Å². The number of rotatable bonds is 2. The van der Waals surface area contributed by atoms with Crippen LogP contribution in [0.4, 0.5) is 0 Å². The van der Waals surface area contributed by atoms with Crippen LogP contribution < -0.4 is 0 Å². The molecule has 3 heterocycles. The summed E-state index contributed by atoms with van der Waals surface area (Å²) in [6.45, 7) is 3.65. The van der Waals surface area contributed by atoms with Crippen LogP contribution in [0.1, 0.15) is 19.4 Å². The van der Waals surface area contributed by atoms with Crippen LogP contribution in [0.15, 0.2) is 67.1 Å². The zero-order valence-electron chi connectivity index (χ0n) is 15.6. The Morgan fingerprint density at radius 2 is 1.89 bits per heavy atom. The predicted octanol–water partition coefficient (Wildman–Crippen LogP) is 6.09. The van der Waals surface area contributed by atoms with E-state index in [9.17, 15) is 5.11 Å². The van der Waals surface area contributed by atoms with E-state index in [-0.39, 0.29) is 0 Å². The molecule has 0 fully saturated rings. The van der Waals surface area contributed by atoms with Crippen LogP contribution in [0.25, 0.3) is 48.4 Å². The summed E-state index contributed by atoms with van der Waals surface area (Å²) < 4.78 is 3.42. The van der Waals surface area contributed by atoms with Gasteiger partial charge in [0.05, 0.1) is 5.60 Å². The molecule has 0 saturated carbocycles. The number of thiophene rings is 1. The number of fused-ring (bicyclic) bond motifs is 7. The summed E-state index contributed by atoms with van der Waals surface area (Å²) in [7, 11) is 0. The molecule has 5 aromatic rings. The van der Waals surface area contributed by atoms with E-state index in [0.717, 1.165) is 22.3 Å². The van der Waals surface area contributed by atoms with Crippen LogP contribution in [0.5, 0.6) is 0 Å². The summed E-state index contributed by atoms with van der Waals surface area (Å²) in [5, 5.41) is 11.8. The molecule has 1 aliphatic carbocycles. The zero-order valence-corrected chi connectivity index (χ0v) is 16.4. The fourth-order valence-corrected chi connectivity index (χ4v) is 5.29. The molecule has 1 aliphatic rings. The van der Waals surface area contributed by atoms with Crippen LogP contribution in [0, 0.1) is 0 Å². The summed E-state index contributed by atoms with van der Waals surface area (Å²) in [6.07, 6.45) is 6.02. The number of nitrogens with zero attached hydrogens (tertiary/aromatic N) is 2. The normalized spacial score (nSPS) is 12.8. The van der Waals surface area contributed by atoms with Gasteiger partial charge in [0.15, 0.2) is 0 Å². The molecule has 0 atom stereocenters. The van der Waals surface area contributed by atoms with Crippen LogP contribution in [-0.2, 0) is 5.60 Å². The Morgan fingerprint density at radius 1 is 1.00 bits per heavy atom. The van der Waals surface area contributed by atoms with E-state index >= 15 is 0 Å². The molecule has 0 saturated heterocycles. The lowest BCUT2D eigenvalue weighted by atomic mass is 9.89. The second-order valence-corrected chi connectivity index (χ2v) is 9.04. The van der Waals surface area contributed by atoms with E-state index in [1.54, 1.807) is 0 Å². The van der Waals surface area contributed by atoms with Gasteiger partial charge in [-0.25, -0.2) is 4.98 Å². The van der Waals surface area contributed by atoms with Gasteiger partial charge < -0.3 is 9.51 Å². The Hall–Kier alpha value is -2.95. The first-order chi connectivity index (χ1) is 13.5. The fraction of sp³-hybridized carbons (Fsp3) is 0.125. The molecule has 2 aromatic carbocycles. The Balaban J connectivity index is 1.75. The van der Waals surface area contributed by atoms with Gasteiger partial charge in [-0.05, 0) is 60.2 Å². The minimum Gasteiger partial charge on any atom is -0.386 e. The van der Waals surface area contributed by atoms with Gasteiger partial charge in [0, 0.05) is 44.9 Å². The number of pyridine rings is 1. The third kappa shape index (κ3) is 2.16. The van der Waals surface area contributed by atoms with Crippen LogP contribution >= 0.6 is 11.3 Å². The first-order valence-electron chi connectivity index (χ1n) is 9.36. The first-order valence-corrected chi connectivity index (χ1v) is 10.2. The third-order valence-electron chi connectivity index (χ3n) is 5.61. The maximum atomic E-state index is 10.5. The van der Waals surface area contributed by atoms with Crippen molar-refractivity contribution in [2.45, 2.75) is 19.4 Å². The predicted molar refractivity (Wildman–Crippen MR) is 116 cm³/mol. The number of benzene rings is 2. The lowest BCUT2D eigenvalue weighted by Crippen LogP contribution is -2.15. The SMILES string of the molecule is CC(C)(O)c1cccc(-c2cn3ccnc3c3c2-c2ccc4sc-3cc4c2)c1. The van der Waals surface area contributed by atoms with E-state index in [1.165, 1.54) is 31.7 Å². The first kappa shape index (κ1) is 16.0. The molecule has 0 radical (unpaired) electrons. The average Bonchev–Trinajstić information content (AvgIpc) is 3.27. The lowest BCUT2D eigenvalue weighted by Gasteiger charge is -2.21. The lowest BCUT2D eigenvalue weighted by molar-refractivity contribution is 0.0786. The average molecular weight is 382 g/mol. The third-order valence-corrected chi connectivity index (χ3v) is 6.74. The quantitative estimate of drug-likeness (QED) is 0.393. The van der Waals surface area contributed by atoms with E-state index in [1.807, 2.05) is 49.7 Å². The Kier molecular flexibility index (Phi) is 3.04. The molecule has 3 nitrogen and oxygen atoms in total. The number of aromatic nitrogens is 2. The molecule has 28 heavy (non-hydrogen) atoms. The summed E-state index contributed by atoms with van der Waals surface area (Å²) in [6, 6.07) is 17.2. The minimum absolute atomic E-state index is 0.882. The molecule has 0 spiro atoms. The highest BCUT2D eigenvalue weighted by Crippen LogP contribution is 2.49. The topological polar surface area (TPSA) is 37.5 Å². The van der Waals surface area contributed by atoms with Crippen molar-refractivity contribution in [3.05, 3.63) is 72.7 Å². The standard InChI is InChI=1S/C24H18N2OS/c1-24(2,27)17-5-3-4-14(11-17)18-13-26-9-8-25-23(26)22-20-12-16-10-15(21(18)22)6-7-19(16)28-20/h3-13,27H,1-2H3. The highest BCUT2D eigenvalue weighted by molar-refractivity contribution is 7.22. The molecular formula is C24H18N2OS. The van der Waals surface area contributed by atoms with E-state index < -0.39 is 5.60 Å². The Labute approximate surface area is 166 Å². The van der Waals surface area contributed by atoms with Gasteiger partial charge in [-0.3, -0.25) is 0 Å². The van der Waals surface area contributed by atoms with E-state index in [4.69, 9.17) is 0 Å². The van der Waals surface area contributed by atoms with Crippen molar-refractivity contribution in [1.82, 2.24) is 9.38 Å². The molecular weight excluding hydrogens is 364 g/mol. The largest absolute Gasteiger partial charge is 0.386 e. The van der Waals surface area contributed by atoms with Crippen molar-refractivity contribution >= 4 is 27.1 Å². The van der Waals surface area contributed by atoms with Gasteiger partial charge in [-0.2, -0.15) is 0 Å². The molecule has 3 aromatic heterocycles. The van der Waals surface area contributed by atoms with E-state index in [0.29, 0.717) is 0 Å². The summed E-state index contributed by atoms with van der Waals surface area (Å²) in [5.41, 5.74) is 6.90. The van der Waals surface area contributed by atoms with Crippen molar-refractivity contribution in [3.63, 3.8) is 0 Å². The molecule has 4 heteroatoms. The number of imidazole rings is 1. The molecule has 0 amide bonds. The van der Waals surface area contributed by atoms with Gasteiger partial charge in [0.25, 0.3) is 0 Å². The molecule has 1 N–H and O–H groups in total. The van der Waals surface area contributed by atoms with Gasteiger partial charge >= 0.3 is 0 Å². The van der Waals surface area contributed by atoms with Gasteiger partial charge in [-0.15, -0.1) is 11.3 Å². The highest BCUT2D eigenvalue weighted by atomic mass is 32.1.